The number of methoxy groups -OCH3 is 1. The second kappa shape index (κ2) is 8.51. The number of anilines is 1. The van der Waals surface area contributed by atoms with Gasteiger partial charge in [-0.25, -0.2) is 8.42 Å². The Morgan fingerprint density at radius 3 is 2.41 bits per heavy atom. The lowest BCUT2D eigenvalue weighted by Crippen LogP contribution is -2.50. The molecule has 0 aliphatic carbocycles. The SMILES string of the molecule is COc1cccc(NC(=O)CN2CCN(S(=O)(=O)c3ccccc3)CC2)c1. The molecule has 144 valence electrons. The van der Waals surface area contributed by atoms with Gasteiger partial charge in [0.15, 0.2) is 0 Å². The highest BCUT2D eigenvalue weighted by Crippen LogP contribution is 2.18. The van der Waals surface area contributed by atoms with Crippen LogP contribution in [0.5, 0.6) is 5.75 Å². The molecule has 1 heterocycles. The Bertz CT molecular complexity index is 879. The summed E-state index contributed by atoms with van der Waals surface area (Å²) in [6.07, 6.45) is 0. The van der Waals surface area contributed by atoms with Crippen LogP contribution in [0.25, 0.3) is 0 Å². The molecule has 8 heteroatoms. The van der Waals surface area contributed by atoms with Gasteiger partial charge in [-0.05, 0) is 24.3 Å². The maximum Gasteiger partial charge on any atom is 0.243 e. The molecule has 7 nitrogen and oxygen atoms in total. The van der Waals surface area contributed by atoms with E-state index in [2.05, 4.69) is 5.32 Å². The van der Waals surface area contributed by atoms with Gasteiger partial charge in [-0.1, -0.05) is 24.3 Å². The third-order valence-electron chi connectivity index (χ3n) is 4.43. The van der Waals surface area contributed by atoms with Gasteiger partial charge in [-0.3, -0.25) is 9.69 Å². The molecule has 27 heavy (non-hydrogen) atoms. The Morgan fingerprint density at radius 2 is 1.74 bits per heavy atom. The Hall–Kier alpha value is -2.42. The molecule has 1 aliphatic heterocycles. The summed E-state index contributed by atoms with van der Waals surface area (Å²) in [5, 5.41) is 2.84. The molecule has 0 atom stereocenters. The molecule has 0 unspecified atom stereocenters. The number of amides is 1. The molecule has 1 amide bonds. The lowest BCUT2D eigenvalue weighted by Gasteiger charge is -2.33. The van der Waals surface area contributed by atoms with Gasteiger partial charge in [0.25, 0.3) is 0 Å². The average Bonchev–Trinajstić information content (AvgIpc) is 2.69. The number of sulfonamides is 1. The van der Waals surface area contributed by atoms with Crippen molar-refractivity contribution in [2.75, 3.05) is 45.2 Å². The fourth-order valence-corrected chi connectivity index (χ4v) is 4.42. The maximum atomic E-state index is 12.6. The van der Waals surface area contributed by atoms with Crippen molar-refractivity contribution in [3.05, 3.63) is 54.6 Å². The van der Waals surface area contributed by atoms with Gasteiger partial charge in [0, 0.05) is 37.9 Å². The van der Waals surface area contributed by atoms with Crippen molar-refractivity contribution in [3.63, 3.8) is 0 Å². The molecule has 3 rings (SSSR count). The summed E-state index contributed by atoms with van der Waals surface area (Å²) in [7, 11) is -1.90. The Labute approximate surface area is 159 Å². The van der Waals surface area contributed by atoms with E-state index in [1.54, 1.807) is 49.6 Å². The fourth-order valence-electron chi connectivity index (χ4n) is 2.97. The predicted molar refractivity (Wildman–Crippen MR) is 103 cm³/mol. The molecule has 2 aromatic carbocycles. The number of carbonyl (C=O) groups is 1. The summed E-state index contributed by atoms with van der Waals surface area (Å²) in [6, 6.07) is 15.6. The fraction of sp³-hybridized carbons (Fsp3) is 0.316. The van der Waals surface area contributed by atoms with Crippen LogP contribution < -0.4 is 10.1 Å². The minimum absolute atomic E-state index is 0.136. The number of benzene rings is 2. The third kappa shape index (κ3) is 4.85. The first-order valence-electron chi connectivity index (χ1n) is 8.70. The van der Waals surface area contributed by atoms with E-state index >= 15 is 0 Å². The van der Waals surface area contributed by atoms with Gasteiger partial charge in [0.2, 0.25) is 15.9 Å². The second-order valence-corrected chi connectivity index (χ2v) is 8.21. The van der Waals surface area contributed by atoms with E-state index < -0.39 is 10.0 Å². The molecule has 2 aromatic rings. The van der Waals surface area contributed by atoms with Crippen LogP contribution in [0.15, 0.2) is 59.5 Å². The number of hydrogen-bond donors (Lipinski definition) is 1. The topological polar surface area (TPSA) is 79.0 Å². The van der Waals surface area contributed by atoms with E-state index in [4.69, 9.17) is 4.74 Å². The maximum absolute atomic E-state index is 12.6. The molecule has 1 aliphatic rings. The van der Waals surface area contributed by atoms with Gasteiger partial charge in [0.1, 0.15) is 5.75 Å². The van der Waals surface area contributed by atoms with Crippen molar-refractivity contribution in [2.45, 2.75) is 4.90 Å². The highest BCUT2D eigenvalue weighted by atomic mass is 32.2. The van der Waals surface area contributed by atoms with E-state index in [9.17, 15) is 13.2 Å². The van der Waals surface area contributed by atoms with Crippen LogP contribution in [0.1, 0.15) is 0 Å². The molecule has 1 fully saturated rings. The predicted octanol–water partition coefficient (Wildman–Crippen LogP) is 1.64. The average molecular weight is 389 g/mol. The summed E-state index contributed by atoms with van der Waals surface area (Å²) < 4.78 is 31.9. The molecule has 0 radical (unpaired) electrons. The molecule has 1 N–H and O–H groups in total. The van der Waals surface area contributed by atoms with Crippen LogP contribution in [0, 0.1) is 0 Å². The molecule has 0 bridgehead atoms. The molecule has 1 saturated heterocycles. The minimum atomic E-state index is -3.48. The number of carbonyl (C=O) groups excluding carboxylic acids is 1. The largest absolute Gasteiger partial charge is 0.497 e. The first-order valence-corrected chi connectivity index (χ1v) is 10.1. The van der Waals surface area contributed by atoms with Crippen LogP contribution in [0.4, 0.5) is 5.69 Å². The zero-order chi connectivity index (χ0) is 19.3. The number of nitrogens with zero attached hydrogens (tertiary/aromatic N) is 2. The van der Waals surface area contributed by atoms with Crippen LogP contribution in [0.2, 0.25) is 0 Å². The summed E-state index contributed by atoms with van der Waals surface area (Å²) in [5.74, 6) is 0.537. The lowest BCUT2D eigenvalue weighted by molar-refractivity contribution is -0.117. The highest BCUT2D eigenvalue weighted by Gasteiger charge is 2.28. The zero-order valence-electron chi connectivity index (χ0n) is 15.2. The van der Waals surface area contributed by atoms with Crippen molar-refractivity contribution < 1.29 is 17.9 Å². The number of hydrogen-bond acceptors (Lipinski definition) is 5. The Kier molecular flexibility index (Phi) is 6.10. The first kappa shape index (κ1) is 19.3. The van der Waals surface area contributed by atoms with Crippen molar-refractivity contribution in [3.8, 4) is 5.75 Å². The van der Waals surface area contributed by atoms with Gasteiger partial charge in [0.05, 0.1) is 18.6 Å². The van der Waals surface area contributed by atoms with Gasteiger partial charge in [-0.2, -0.15) is 4.31 Å². The Morgan fingerprint density at radius 1 is 1.04 bits per heavy atom. The quantitative estimate of drug-likeness (QED) is 0.813. The molecule has 0 spiro atoms. The molecule has 0 saturated carbocycles. The van der Waals surface area contributed by atoms with Crippen LogP contribution >= 0.6 is 0 Å². The summed E-state index contributed by atoms with van der Waals surface area (Å²) >= 11 is 0. The number of rotatable bonds is 6. The van der Waals surface area contributed by atoms with E-state index in [0.717, 1.165) is 0 Å². The van der Waals surface area contributed by atoms with E-state index in [0.29, 0.717) is 42.5 Å². The van der Waals surface area contributed by atoms with Gasteiger partial charge >= 0.3 is 0 Å². The standard InChI is InChI=1S/C19H23N3O4S/c1-26-17-7-5-6-16(14-17)20-19(23)15-21-10-12-22(13-11-21)27(24,25)18-8-3-2-4-9-18/h2-9,14H,10-13,15H2,1H3,(H,20,23). The molecular weight excluding hydrogens is 366 g/mol. The van der Waals surface area contributed by atoms with Crippen LogP contribution in [-0.4, -0.2) is 63.4 Å². The zero-order valence-corrected chi connectivity index (χ0v) is 16.0. The van der Waals surface area contributed by atoms with Crippen LogP contribution in [-0.2, 0) is 14.8 Å². The minimum Gasteiger partial charge on any atom is -0.497 e. The molecular formula is C19H23N3O4S. The van der Waals surface area contributed by atoms with Crippen molar-refractivity contribution >= 4 is 21.6 Å². The highest BCUT2D eigenvalue weighted by molar-refractivity contribution is 7.89. The van der Waals surface area contributed by atoms with Crippen molar-refractivity contribution in [2.24, 2.45) is 0 Å². The summed E-state index contributed by atoms with van der Waals surface area (Å²) in [5.41, 5.74) is 0.671. The monoisotopic (exact) mass is 389 g/mol. The Balaban J connectivity index is 1.52. The third-order valence-corrected chi connectivity index (χ3v) is 6.35. The van der Waals surface area contributed by atoms with Crippen molar-refractivity contribution in [1.82, 2.24) is 9.21 Å². The van der Waals surface area contributed by atoms with Crippen LogP contribution in [0.3, 0.4) is 0 Å². The van der Waals surface area contributed by atoms with Gasteiger partial charge < -0.3 is 10.1 Å². The van der Waals surface area contributed by atoms with E-state index in [-0.39, 0.29) is 12.5 Å². The van der Waals surface area contributed by atoms with E-state index in [1.165, 1.54) is 4.31 Å². The second-order valence-electron chi connectivity index (χ2n) is 6.27. The summed E-state index contributed by atoms with van der Waals surface area (Å²) in [4.78, 5) is 14.5. The van der Waals surface area contributed by atoms with Gasteiger partial charge in [-0.15, -0.1) is 0 Å². The first-order chi connectivity index (χ1) is 13.0. The molecule has 0 aromatic heterocycles. The number of ether oxygens (including phenoxy) is 1. The number of piperazine rings is 1. The number of nitrogens with one attached hydrogen (secondary N) is 1. The van der Waals surface area contributed by atoms with E-state index in [1.807, 2.05) is 17.0 Å². The smallest absolute Gasteiger partial charge is 0.243 e. The summed E-state index contributed by atoms with van der Waals surface area (Å²) in [6.45, 7) is 1.97. The normalized spacial score (nSPS) is 16.0. The lowest BCUT2D eigenvalue weighted by atomic mass is 10.3. The van der Waals surface area contributed by atoms with Crippen molar-refractivity contribution in [1.29, 1.82) is 0 Å².